The molecule has 1 N–H and O–H groups in total. The normalized spacial score (nSPS) is 17.3. The van der Waals surface area contributed by atoms with Gasteiger partial charge in [0.25, 0.3) is 5.91 Å². The van der Waals surface area contributed by atoms with Crippen LogP contribution in [0, 0.1) is 5.82 Å². The predicted molar refractivity (Wildman–Crippen MR) is 109 cm³/mol. The molecule has 0 saturated carbocycles. The molecule has 0 spiro atoms. The first-order valence-corrected chi connectivity index (χ1v) is 10.2. The highest BCUT2D eigenvalue weighted by molar-refractivity contribution is 5.94. The molecular weight excluding hydrogens is 385 g/mol. The Morgan fingerprint density at radius 1 is 1.10 bits per heavy atom. The maximum atomic E-state index is 13.3. The fraction of sp³-hybridized carbons (Fsp3) is 0.304. The van der Waals surface area contributed by atoms with Gasteiger partial charge in [0.1, 0.15) is 18.5 Å². The van der Waals surface area contributed by atoms with Crippen molar-refractivity contribution in [3.63, 3.8) is 0 Å². The third kappa shape index (κ3) is 3.51. The third-order valence-electron chi connectivity index (χ3n) is 5.52. The summed E-state index contributed by atoms with van der Waals surface area (Å²) in [6.07, 6.45) is 3.48. The minimum Gasteiger partial charge on any atom is -0.486 e. The van der Waals surface area contributed by atoms with Crippen molar-refractivity contribution in [2.75, 3.05) is 13.2 Å². The average Bonchev–Trinajstić information content (AvgIpc) is 3.18. The molecule has 2 heterocycles. The zero-order valence-corrected chi connectivity index (χ0v) is 16.4. The van der Waals surface area contributed by atoms with Gasteiger partial charge in [0, 0.05) is 11.3 Å². The predicted octanol–water partition coefficient (Wildman–Crippen LogP) is 3.46. The van der Waals surface area contributed by atoms with Crippen LogP contribution in [0.5, 0.6) is 11.5 Å². The number of carbonyl (C=O) groups excluding carboxylic acids is 1. The summed E-state index contributed by atoms with van der Waals surface area (Å²) in [4.78, 5) is 13.0. The molecule has 1 aromatic heterocycles. The number of hydrogen-bond donors (Lipinski definition) is 1. The molecule has 2 aliphatic rings. The molecule has 0 bridgehead atoms. The number of nitrogens with zero attached hydrogens (tertiary/aromatic N) is 2. The molecular formula is C23H22FN3O3. The molecule has 0 radical (unpaired) electrons. The number of benzene rings is 2. The summed E-state index contributed by atoms with van der Waals surface area (Å²) in [5.74, 6) is 0.874. The highest BCUT2D eigenvalue weighted by Gasteiger charge is 2.27. The van der Waals surface area contributed by atoms with Crippen LogP contribution in [-0.4, -0.2) is 34.9 Å². The minimum absolute atomic E-state index is 0.225. The molecule has 1 aliphatic heterocycles. The van der Waals surface area contributed by atoms with Crippen LogP contribution in [0.25, 0.3) is 5.69 Å². The standard InChI is InChI=1S/C23H22FN3O3/c24-15-9-11-16(12-10-15)27-19-6-2-1-5-18(19)22(26-27)23(28)25-13-17-14-29-20-7-3-4-8-21(20)30-17/h3-4,7-12,17H,1-2,5-6,13-14H2,(H,25,28). The van der Waals surface area contributed by atoms with Crippen molar-refractivity contribution in [3.8, 4) is 17.2 Å². The molecule has 3 aromatic rings. The van der Waals surface area contributed by atoms with Crippen LogP contribution < -0.4 is 14.8 Å². The number of carbonyl (C=O) groups is 1. The average molecular weight is 407 g/mol. The lowest BCUT2D eigenvalue weighted by atomic mass is 9.95. The minimum atomic E-state index is -0.297. The first kappa shape index (κ1) is 18.7. The fourth-order valence-electron chi connectivity index (χ4n) is 4.03. The summed E-state index contributed by atoms with van der Waals surface area (Å²) in [5.41, 5.74) is 3.21. The van der Waals surface area contributed by atoms with E-state index in [-0.39, 0.29) is 17.8 Å². The van der Waals surface area contributed by atoms with Gasteiger partial charge in [-0.15, -0.1) is 0 Å². The molecule has 6 nitrogen and oxygen atoms in total. The molecule has 0 saturated heterocycles. The Kier molecular flexibility index (Phi) is 4.86. The molecule has 30 heavy (non-hydrogen) atoms. The van der Waals surface area contributed by atoms with Crippen molar-refractivity contribution in [1.29, 1.82) is 0 Å². The second-order valence-electron chi connectivity index (χ2n) is 7.58. The van der Waals surface area contributed by atoms with Crippen molar-refractivity contribution in [2.24, 2.45) is 0 Å². The smallest absolute Gasteiger partial charge is 0.272 e. The number of aromatic nitrogens is 2. The van der Waals surface area contributed by atoms with Crippen LogP contribution in [0.15, 0.2) is 48.5 Å². The number of nitrogens with one attached hydrogen (secondary N) is 1. The van der Waals surface area contributed by atoms with Crippen LogP contribution in [0.1, 0.15) is 34.6 Å². The molecule has 1 atom stereocenters. The first-order chi connectivity index (χ1) is 14.7. The van der Waals surface area contributed by atoms with Gasteiger partial charge in [-0.25, -0.2) is 9.07 Å². The van der Waals surface area contributed by atoms with Crippen LogP contribution >= 0.6 is 0 Å². The second kappa shape index (κ2) is 7.82. The van der Waals surface area contributed by atoms with E-state index in [1.54, 1.807) is 16.8 Å². The molecule has 1 amide bonds. The lowest BCUT2D eigenvalue weighted by molar-refractivity contribution is 0.0785. The summed E-state index contributed by atoms with van der Waals surface area (Å²) in [6, 6.07) is 13.7. The highest BCUT2D eigenvalue weighted by atomic mass is 19.1. The molecule has 5 rings (SSSR count). The summed E-state index contributed by atoms with van der Waals surface area (Å²) < 4.78 is 26.7. The number of halogens is 1. The Bertz CT molecular complexity index is 1080. The van der Waals surface area contributed by atoms with E-state index in [1.165, 1.54) is 12.1 Å². The zero-order chi connectivity index (χ0) is 20.5. The number of hydrogen-bond acceptors (Lipinski definition) is 4. The van der Waals surface area contributed by atoms with Crippen LogP contribution in [0.2, 0.25) is 0 Å². The number of ether oxygens (including phenoxy) is 2. The maximum Gasteiger partial charge on any atom is 0.272 e. The van der Waals surface area contributed by atoms with Crippen LogP contribution in [0.3, 0.4) is 0 Å². The topological polar surface area (TPSA) is 65.4 Å². The first-order valence-electron chi connectivity index (χ1n) is 10.2. The third-order valence-corrected chi connectivity index (χ3v) is 5.52. The summed E-state index contributed by atoms with van der Waals surface area (Å²) >= 11 is 0. The Labute approximate surface area is 173 Å². The highest BCUT2D eigenvalue weighted by Crippen LogP contribution is 2.31. The zero-order valence-electron chi connectivity index (χ0n) is 16.4. The molecule has 154 valence electrons. The van der Waals surface area contributed by atoms with Gasteiger partial charge >= 0.3 is 0 Å². The molecule has 1 aliphatic carbocycles. The van der Waals surface area contributed by atoms with Crippen molar-refractivity contribution in [2.45, 2.75) is 31.8 Å². The number of amides is 1. The number of fused-ring (bicyclic) bond motifs is 2. The summed E-state index contributed by atoms with van der Waals surface area (Å²) in [5, 5.41) is 7.55. The van der Waals surface area contributed by atoms with Crippen molar-refractivity contribution < 1.29 is 18.7 Å². The second-order valence-corrected chi connectivity index (χ2v) is 7.58. The van der Waals surface area contributed by atoms with Gasteiger partial charge in [0.05, 0.1) is 12.2 Å². The Hall–Kier alpha value is -3.35. The SMILES string of the molecule is O=C(NCC1COc2ccccc2O1)c1nn(-c2ccc(F)cc2)c2c1CCCC2. The van der Waals surface area contributed by atoms with E-state index in [4.69, 9.17) is 9.47 Å². The molecule has 2 aromatic carbocycles. The van der Waals surface area contributed by atoms with E-state index in [1.807, 2.05) is 24.3 Å². The Morgan fingerprint density at radius 2 is 1.87 bits per heavy atom. The van der Waals surface area contributed by atoms with Gasteiger partial charge in [0.2, 0.25) is 0 Å². The van der Waals surface area contributed by atoms with E-state index < -0.39 is 0 Å². The van der Waals surface area contributed by atoms with E-state index >= 15 is 0 Å². The van der Waals surface area contributed by atoms with Gasteiger partial charge in [0.15, 0.2) is 17.2 Å². The lowest BCUT2D eigenvalue weighted by Gasteiger charge is -2.26. The van der Waals surface area contributed by atoms with Gasteiger partial charge in [-0.05, 0) is 62.1 Å². The van der Waals surface area contributed by atoms with Gasteiger partial charge in [-0.1, -0.05) is 12.1 Å². The fourth-order valence-corrected chi connectivity index (χ4v) is 4.03. The van der Waals surface area contributed by atoms with Crippen molar-refractivity contribution >= 4 is 5.91 Å². The van der Waals surface area contributed by atoms with Gasteiger partial charge < -0.3 is 14.8 Å². The summed E-state index contributed by atoms with van der Waals surface area (Å²) in [6.45, 7) is 0.699. The van der Waals surface area contributed by atoms with Gasteiger partial charge in [-0.2, -0.15) is 5.10 Å². The largest absolute Gasteiger partial charge is 0.486 e. The van der Waals surface area contributed by atoms with Gasteiger partial charge in [-0.3, -0.25) is 4.79 Å². The Balaban J connectivity index is 1.34. The Morgan fingerprint density at radius 3 is 2.70 bits per heavy atom. The molecule has 0 fully saturated rings. The number of para-hydroxylation sites is 2. The van der Waals surface area contributed by atoms with Crippen molar-refractivity contribution in [3.05, 3.63) is 71.3 Å². The van der Waals surface area contributed by atoms with Crippen LogP contribution in [0.4, 0.5) is 4.39 Å². The van der Waals surface area contributed by atoms with E-state index in [2.05, 4.69) is 10.4 Å². The van der Waals surface area contributed by atoms with E-state index in [0.717, 1.165) is 42.6 Å². The van der Waals surface area contributed by atoms with Crippen molar-refractivity contribution in [1.82, 2.24) is 15.1 Å². The molecule has 7 heteroatoms. The van der Waals surface area contributed by atoms with E-state index in [0.29, 0.717) is 30.3 Å². The maximum absolute atomic E-state index is 13.3. The van der Waals surface area contributed by atoms with E-state index in [9.17, 15) is 9.18 Å². The monoisotopic (exact) mass is 407 g/mol. The summed E-state index contributed by atoms with van der Waals surface area (Å²) in [7, 11) is 0. The quantitative estimate of drug-likeness (QED) is 0.719. The molecule has 1 unspecified atom stereocenters. The van der Waals surface area contributed by atoms with Crippen LogP contribution in [-0.2, 0) is 12.8 Å². The lowest BCUT2D eigenvalue weighted by Crippen LogP contribution is -2.41. The number of rotatable bonds is 4.